The van der Waals surface area contributed by atoms with Gasteiger partial charge in [0.05, 0.1) is 17.0 Å². The molecule has 2 aliphatic heterocycles. The maximum absolute atomic E-state index is 12.8. The van der Waals surface area contributed by atoms with Crippen molar-refractivity contribution in [2.75, 3.05) is 0 Å². The summed E-state index contributed by atoms with van der Waals surface area (Å²) in [6, 6.07) is 4.97. The number of imide groups is 2. The lowest BCUT2D eigenvalue weighted by Gasteiger charge is -2.29. The average molecular weight is 314 g/mol. The summed E-state index contributed by atoms with van der Waals surface area (Å²) in [5, 5.41) is 2.30. The summed E-state index contributed by atoms with van der Waals surface area (Å²) >= 11 is 0. The number of carbonyl (C=O) groups excluding carboxylic acids is 4. The van der Waals surface area contributed by atoms with E-state index in [0.717, 1.165) is 0 Å². The van der Waals surface area contributed by atoms with Crippen LogP contribution in [0.1, 0.15) is 65.8 Å². The first-order valence-electron chi connectivity index (χ1n) is 7.57. The first kappa shape index (κ1) is 15.4. The van der Waals surface area contributed by atoms with Gasteiger partial charge in [-0.15, -0.1) is 0 Å². The standard InChI is InChI=1S/C17H18N2O4/c1-17(2,3)19-15(22)11-6-4-5-9(13(11)16(19)23)10-7-8-12(20)18-14(10)21/h4-6,10H,7-8H2,1-3H3,(H,18,20,21). The van der Waals surface area contributed by atoms with Crippen LogP contribution in [-0.4, -0.2) is 34.1 Å². The van der Waals surface area contributed by atoms with Crippen molar-refractivity contribution in [2.45, 2.75) is 45.1 Å². The molecule has 1 aromatic carbocycles. The second-order valence-corrected chi connectivity index (χ2v) is 6.89. The minimum absolute atomic E-state index is 0.227. The van der Waals surface area contributed by atoms with Gasteiger partial charge in [0.25, 0.3) is 11.8 Å². The molecule has 4 amide bonds. The van der Waals surface area contributed by atoms with E-state index in [-0.39, 0.29) is 24.1 Å². The molecule has 1 atom stereocenters. The van der Waals surface area contributed by atoms with Crippen LogP contribution in [0.2, 0.25) is 0 Å². The van der Waals surface area contributed by atoms with Gasteiger partial charge >= 0.3 is 0 Å². The number of nitrogens with one attached hydrogen (secondary N) is 1. The van der Waals surface area contributed by atoms with E-state index in [1.165, 1.54) is 4.90 Å². The molecule has 0 spiro atoms. The molecular formula is C17H18N2O4. The van der Waals surface area contributed by atoms with Crippen molar-refractivity contribution in [3.05, 3.63) is 34.9 Å². The van der Waals surface area contributed by atoms with Crippen molar-refractivity contribution < 1.29 is 19.2 Å². The fourth-order valence-corrected chi connectivity index (χ4v) is 3.20. The van der Waals surface area contributed by atoms with E-state index in [0.29, 0.717) is 23.1 Å². The highest BCUT2D eigenvalue weighted by molar-refractivity contribution is 6.23. The lowest BCUT2D eigenvalue weighted by molar-refractivity contribution is -0.134. The van der Waals surface area contributed by atoms with Gasteiger partial charge in [-0.05, 0) is 38.8 Å². The van der Waals surface area contributed by atoms with Crippen molar-refractivity contribution in [1.29, 1.82) is 0 Å². The Morgan fingerprint density at radius 1 is 1.09 bits per heavy atom. The van der Waals surface area contributed by atoms with Crippen molar-refractivity contribution in [3.8, 4) is 0 Å². The minimum atomic E-state index is -0.644. The third kappa shape index (κ3) is 2.34. The molecule has 6 nitrogen and oxygen atoms in total. The second-order valence-electron chi connectivity index (χ2n) is 6.89. The molecule has 0 aromatic heterocycles. The Morgan fingerprint density at radius 3 is 2.39 bits per heavy atom. The number of piperidine rings is 1. The summed E-state index contributed by atoms with van der Waals surface area (Å²) in [6.07, 6.45) is 0.573. The molecule has 3 rings (SSSR count). The van der Waals surface area contributed by atoms with E-state index < -0.39 is 17.4 Å². The zero-order chi connectivity index (χ0) is 16.9. The van der Waals surface area contributed by atoms with Crippen LogP contribution in [0.3, 0.4) is 0 Å². The van der Waals surface area contributed by atoms with Crippen molar-refractivity contribution in [2.24, 2.45) is 0 Å². The van der Waals surface area contributed by atoms with Gasteiger partial charge in [0, 0.05) is 12.0 Å². The third-order valence-electron chi connectivity index (χ3n) is 4.23. The molecule has 6 heteroatoms. The van der Waals surface area contributed by atoms with Crippen LogP contribution in [-0.2, 0) is 9.59 Å². The van der Waals surface area contributed by atoms with Gasteiger partial charge < -0.3 is 0 Å². The molecule has 1 aromatic rings. The smallest absolute Gasteiger partial charge is 0.262 e. The first-order chi connectivity index (χ1) is 10.7. The summed E-state index contributed by atoms with van der Waals surface area (Å²) < 4.78 is 0. The quantitative estimate of drug-likeness (QED) is 0.798. The summed E-state index contributed by atoms with van der Waals surface area (Å²) in [5.74, 6) is -2.02. The van der Waals surface area contributed by atoms with E-state index in [1.807, 2.05) is 0 Å². The number of fused-ring (bicyclic) bond motifs is 1. The molecule has 0 aliphatic carbocycles. The predicted molar refractivity (Wildman–Crippen MR) is 81.8 cm³/mol. The van der Waals surface area contributed by atoms with Crippen LogP contribution >= 0.6 is 0 Å². The van der Waals surface area contributed by atoms with Crippen LogP contribution < -0.4 is 5.32 Å². The molecule has 23 heavy (non-hydrogen) atoms. The number of nitrogens with zero attached hydrogens (tertiary/aromatic N) is 1. The maximum atomic E-state index is 12.8. The van der Waals surface area contributed by atoms with E-state index in [2.05, 4.69) is 5.32 Å². The normalized spacial score (nSPS) is 21.5. The number of amides is 4. The number of benzene rings is 1. The van der Waals surface area contributed by atoms with Crippen LogP contribution in [0.25, 0.3) is 0 Å². The zero-order valence-corrected chi connectivity index (χ0v) is 13.3. The predicted octanol–water partition coefficient (Wildman–Crippen LogP) is 1.60. The molecule has 0 radical (unpaired) electrons. The summed E-state index contributed by atoms with van der Waals surface area (Å²) in [5.41, 5.74) is 0.501. The highest BCUT2D eigenvalue weighted by Crippen LogP contribution is 2.36. The van der Waals surface area contributed by atoms with Crippen LogP contribution in [0.5, 0.6) is 0 Å². The second kappa shape index (κ2) is 5.01. The number of rotatable bonds is 1. The molecular weight excluding hydrogens is 296 g/mol. The van der Waals surface area contributed by atoms with Gasteiger partial charge in [-0.2, -0.15) is 0 Å². The van der Waals surface area contributed by atoms with Crippen molar-refractivity contribution in [3.63, 3.8) is 0 Å². The van der Waals surface area contributed by atoms with Crippen molar-refractivity contribution in [1.82, 2.24) is 10.2 Å². The number of carbonyl (C=O) groups is 4. The van der Waals surface area contributed by atoms with Gasteiger partial charge in [0.15, 0.2) is 0 Å². The SMILES string of the molecule is CC(C)(C)N1C(=O)c2cccc(C3CCC(=O)NC3=O)c2C1=O. The topological polar surface area (TPSA) is 83.6 Å². The molecule has 1 unspecified atom stereocenters. The van der Waals surface area contributed by atoms with Gasteiger partial charge in [0.1, 0.15) is 0 Å². The Kier molecular flexibility index (Phi) is 3.35. The summed E-state index contributed by atoms with van der Waals surface area (Å²) in [6.45, 7) is 5.38. The molecule has 120 valence electrons. The highest BCUT2D eigenvalue weighted by Gasteiger charge is 2.44. The molecule has 2 aliphatic rings. The van der Waals surface area contributed by atoms with Gasteiger partial charge in [-0.1, -0.05) is 12.1 Å². The Bertz CT molecular complexity index is 745. The molecule has 2 heterocycles. The molecule has 0 bridgehead atoms. The lowest BCUT2D eigenvalue weighted by Crippen LogP contribution is -2.45. The third-order valence-corrected chi connectivity index (χ3v) is 4.23. The highest BCUT2D eigenvalue weighted by atomic mass is 16.2. The fraction of sp³-hybridized carbons (Fsp3) is 0.412. The molecule has 0 saturated carbocycles. The van der Waals surface area contributed by atoms with Crippen LogP contribution in [0.15, 0.2) is 18.2 Å². The van der Waals surface area contributed by atoms with Crippen molar-refractivity contribution >= 4 is 23.6 Å². The molecule has 1 saturated heterocycles. The van der Waals surface area contributed by atoms with Gasteiger partial charge in [0.2, 0.25) is 11.8 Å². The van der Waals surface area contributed by atoms with Gasteiger partial charge in [-0.25, -0.2) is 0 Å². The van der Waals surface area contributed by atoms with Crippen LogP contribution in [0.4, 0.5) is 0 Å². The van der Waals surface area contributed by atoms with Gasteiger partial charge in [-0.3, -0.25) is 29.4 Å². The summed E-state index contributed by atoms with van der Waals surface area (Å²) in [7, 11) is 0. The van der Waals surface area contributed by atoms with E-state index in [9.17, 15) is 19.2 Å². The Labute approximate surface area is 133 Å². The number of hydrogen-bond acceptors (Lipinski definition) is 4. The average Bonchev–Trinajstić information content (AvgIpc) is 2.71. The molecule has 1 N–H and O–H groups in total. The monoisotopic (exact) mass is 314 g/mol. The molecule has 1 fully saturated rings. The summed E-state index contributed by atoms with van der Waals surface area (Å²) in [4.78, 5) is 50.0. The van der Waals surface area contributed by atoms with E-state index in [4.69, 9.17) is 0 Å². The fourth-order valence-electron chi connectivity index (χ4n) is 3.20. The van der Waals surface area contributed by atoms with Crippen LogP contribution in [0, 0.1) is 0 Å². The number of hydrogen-bond donors (Lipinski definition) is 1. The first-order valence-corrected chi connectivity index (χ1v) is 7.57. The maximum Gasteiger partial charge on any atom is 0.262 e. The Hall–Kier alpha value is -2.50. The minimum Gasteiger partial charge on any atom is -0.296 e. The largest absolute Gasteiger partial charge is 0.296 e. The Morgan fingerprint density at radius 2 is 1.78 bits per heavy atom. The Balaban J connectivity index is 2.09. The van der Waals surface area contributed by atoms with E-state index >= 15 is 0 Å². The lowest BCUT2D eigenvalue weighted by atomic mass is 9.86. The van der Waals surface area contributed by atoms with E-state index in [1.54, 1.807) is 39.0 Å². The zero-order valence-electron chi connectivity index (χ0n) is 13.3.